The molecule has 0 unspecified atom stereocenters. The summed E-state index contributed by atoms with van der Waals surface area (Å²) in [5.41, 5.74) is 2.34. The highest BCUT2D eigenvalue weighted by Gasteiger charge is 2.24. The Morgan fingerprint density at radius 2 is 2.10 bits per heavy atom. The fourth-order valence-electron chi connectivity index (χ4n) is 1.39. The summed E-state index contributed by atoms with van der Waals surface area (Å²) in [6.07, 6.45) is 0. The molecule has 0 aromatic carbocycles. The first-order valence-electron chi connectivity index (χ1n) is 5.60. The Morgan fingerprint density at radius 1 is 1.38 bits per heavy atom. The Kier molecular flexibility index (Phi) is 4.50. The van der Waals surface area contributed by atoms with E-state index >= 15 is 0 Å². The summed E-state index contributed by atoms with van der Waals surface area (Å²) in [5, 5.41) is 20.0. The van der Waals surface area contributed by atoms with Crippen LogP contribution in [0.25, 0.3) is 0 Å². The lowest BCUT2D eigenvalue weighted by Gasteiger charge is -2.05. The quantitative estimate of drug-likeness (QED) is 0.354. The maximum Gasteiger partial charge on any atom is 0.322 e. The van der Waals surface area contributed by atoms with E-state index in [1.807, 2.05) is 14.1 Å². The summed E-state index contributed by atoms with van der Waals surface area (Å²) in [7, 11) is 3.67. The van der Waals surface area contributed by atoms with Gasteiger partial charge in [-0.2, -0.15) is 4.98 Å². The molecule has 2 aromatic rings. The van der Waals surface area contributed by atoms with Crippen LogP contribution < -0.4 is 16.2 Å². The van der Waals surface area contributed by atoms with Gasteiger partial charge >= 0.3 is 5.69 Å². The van der Waals surface area contributed by atoms with Crippen molar-refractivity contribution in [3.63, 3.8) is 0 Å². The van der Waals surface area contributed by atoms with Crippen LogP contribution in [-0.2, 0) is 0 Å². The maximum atomic E-state index is 11.2. The Labute approximate surface area is 127 Å². The Morgan fingerprint density at radius 3 is 2.62 bits per heavy atom. The molecular formula is C9H12N8O2S2. The molecule has 10 nitrogen and oxygen atoms in total. The second kappa shape index (κ2) is 6.15. The SMILES string of the molecule is Cc1nc(NN)nc(Sc2nnc(N(C)C)s2)c1[N+](=O)[O-]. The van der Waals surface area contributed by atoms with Crippen molar-refractivity contribution < 1.29 is 4.92 Å². The zero-order valence-corrected chi connectivity index (χ0v) is 13.0. The highest BCUT2D eigenvalue weighted by atomic mass is 32.2. The number of nitrogens with zero attached hydrogens (tertiary/aromatic N) is 6. The zero-order chi connectivity index (χ0) is 15.6. The first-order valence-corrected chi connectivity index (χ1v) is 7.24. The molecule has 12 heteroatoms. The van der Waals surface area contributed by atoms with Gasteiger partial charge < -0.3 is 4.90 Å². The number of nitrogens with one attached hydrogen (secondary N) is 1. The van der Waals surface area contributed by atoms with E-state index in [-0.39, 0.29) is 22.4 Å². The van der Waals surface area contributed by atoms with Crippen LogP contribution >= 0.6 is 23.1 Å². The van der Waals surface area contributed by atoms with Crippen LogP contribution in [0.5, 0.6) is 0 Å². The molecule has 2 rings (SSSR count). The van der Waals surface area contributed by atoms with Crippen molar-refractivity contribution >= 4 is 39.9 Å². The summed E-state index contributed by atoms with van der Waals surface area (Å²) < 4.78 is 0.544. The van der Waals surface area contributed by atoms with Crippen molar-refractivity contribution in [2.45, 2.75) is 16.3 Å². The van der Waals surface area contributed by atoms with Crippen LogP contribution in [0.3, 0.4) is 0 Å². The minimum atomic E-state index is -0.522. The van der Waals surface area contributed by atoms with E-state index in [0.29, 0.717) is 9.47 Å². The smallest absolute Gasteiger partial charge is 0.322 e. The molecule has 0 amide bonds. The second-order valence-electron chi connectivity index (χ2n) is 4.03. The van der Waals surface area contributed by atoms with Gasteiger partial charge in [0.2, 0.25) is 11.1 Å². The summed E-state index contributed by atoms with van der Waals surface area (Å²) >= 11 is 2.36. The summed E-state index contributed by atoms with van der Waals surface area (Å²) in [6.45, 7) is 1.52. The van der Waals surface area contributed by atoms with E-state index in [0.717, 1.165) is 11.8 Å². The van der Waals surface area contributed by atoms with E-state index < -0.39 is 4.92 Å². The highest BCUT2D eigenvalue weighted by Crippen LogP contribution is 2.37. The summed E-state index contributed by atoms with van der Waals surface area (Å²) in [5.74, 6) is 5.37. The van der Waals surface area contributed by atoms with E-state index in [9.17, 15) is 10.1 Å². The highest BCUT2D eigenvalue weighted by molar-refractivity contribution is 8.01. The molecule has 0 radical (unpaired) electrons. The molecule has 0 aliphatic rings. The third-order valence-corrected chi connectivity index (χ3v) is 4.42. The predicted octanol–water partition coefficient (Wildman–Crippen LogP) is 1.05. The van der Waals surface area contributed by atoms with Crippen molar-refractivity contribution in [2.24, 2.45) is 5.84 Å². The van der Waals surface area contributed by atoms with E-state index in [2.05, 4.69) is 25.6 Å². The third-order valence-electron chi connectivity index (χ3n) is 2.30. The lowest BCUT2D eigenvalue weighted by molar-refractivity contribution is -0.389. The average molecular weight is 328 g/mol. The normalized spacial score (nSPS) is 10.5. The van der Waals surface area contributed by atoms with Crippen molar-refractivity contribution in [3.05, 3.63) is 15.8 Å². The number of hydrogen-bond donors (Lipinski definition) is 2. The molecule has 112 valence electrons. The molecule has 0 bridgehead atoms. The van der Waals surface area contributed by atoms with Crippen LogP contribution in [0, 0.1) is 17.0 Å². The zero-order valence-electron chi connectivity index (χ0n) is 11.4. The minimum Gasteiger partial charge on any atom is -0.353 e. The molecule has 2 heterocycles. The summed E-state index contributed by atoms with van der Waals surface area (Å²) in [6, 6.07) is 0. The molecular weight excluding hydrogens is 316 g/mol. The maximum absolute atomic E-state index is 11.2. The van der Waals surface area contributed by atoms with Gasteiger partial charge in [-0.3, -0.25) is 15.5 Å². The molecule has 3 N–H and O–H groups in total. The van der Waals surface area contributed by atoms with Gasteiger partial charge in [-0.05, 0) is 18.7 Å². The standard InChI is InChI=1S/C9H12N8O2S2/c1-4-5(17(18)19)6(12-7(11-4)13-10)20-9-15-14-8(21-9)16(2)3/h10H2,1-3H3,(H,11,12,13). The summed E-state index contributed by atoms with van der Waals surface area (Å²) in [4.78, 5) is 20.4. The van der Waals surface area contributed by atoms with Crippen LogP contribution in [0.15, 0.2) is 9.37 Å². The molecule has 0 saturated carbocycles. The van der Waals surface area contributed by atoms with Gasteiger partial charge in [0, 0.05) is 14.1 Å². The molecule has 0 fully saturated rings. The van der Waals surface area contributed by atoms with Crippen LogP contribution in [0.1, 0.15) is 5.69 Å². The van der Waals surface area contributed by atoms with Crippen molar-refractivity contribution in [1.82, 2.24) is 20.2 Å². The van der Waals surface area contributed by atoms with Crippen molar-refractivity contribution in [2.75, 3.05) is 24.4 Å². The molecule has 0 atom stereocenters. The first kappa shape index (κ1) is 15.3. The minimum absolute atomic E-state index is 0.109. The first-order chi connectivity index (χ1) is 9.92. The van der Waals surface area contributed by atoms with Gasteiger partial charge in [0.1, 0.15) is 5.69 Å². The van der Waals surface area contributed by atoms with E-state index in [4.69, 9.17) is 5.84 Å². The van der Waals surface area contributed by atoms with Gasteiger partial charge in [0.25, 0.3) is 0 Å². The van der Waals surface area contributed by atoms with E-state index in [1.165, 1.54) is 18.3 Å². The number of nitrogen functional groups attached to an aromatic ring is 1. The molecule has 0 spiro atoms. The number of nitrogens with two attached hydrogens (primary N) is 1. The number of rotatable bonds is 5. The van der Waals surface area contributed by atoms with Crippen LogP contribution in [0.2, 0.25) is 0 Å². The number of aromatic nitrogens is 4. The van der Waals surface area contributed by atoms with Gasteiger partial charge in [-0.25, -0.2) is 10.8 Å². The average Bonchev–Trinajstić information content (AvgIpc) is 2.86. The van der Waals surface area contributed by atoms with Gasteiger partial charge in [0.05, 0.1) is 4.92 Å². The van der Waals surface area contributed by atoms with E-state index in [1.54, 1.807) is 4.90 Å². The Bertz CT molecular complexity index is 674. The molecule has 21 heavy (non-hydrogen) atoms. The second-order valence-corrected chi connectivity index (χ2v) is 6.23. The topological polar surface area (TPSA) is 136 Å². The number of aryl methyl sites for hydroxylation is 1. The predicted molar refractivity (Wildman–Crippen MR) is 79.6 cm³/mol. The van der Waals surface area contributed by atoms with Crippen molar-refractivity contribution in [3.8, 4) is 0 Å². The lowest BCUT2D eigenvalue weighted by atomic mass is 10.4. The molecule has 2 aromatic heterocycles. The van der Waals surface area contributed by atoms with Crippen LogP contribution in [-0.4, -0.2) is 39.2 Å². The number of anilines is 2. The van der Waals surface area contributed by atoms with Gasteiger partial charge in [-0.15, -0.1) is 10.2 Å². The third kappa shape index (κ3) is 3.34. The van der Waals surface area contributed by atoms with Gasteiger partial charge in [0.15, 0.2) is 9.37 Å². The molecule has 0 saturated heterocycles. The largest absolute Gasteiger partial charge is 0.353 e. The van der Waals surface area contributed by atoms with Crippen molar-refractivity contribution in [1.29, 1.82) is 0 Å². The fourth-order valence-corrected chi connectivity index (χ4v) is 3.22. The monoisotopic (exact) mass is 328 g/mol. The lowest BCUT2D eigenvalue weighted by Crippen LogP contribution is -2.12. The Balaban J connectivity index is 2.41. The number of nitro groups is 1. The van der Waals surface area contributed by atoms with Gasteiger partial charge in [-0.1, -0.05) is 11.3 Å². The molecule has 0 aliphatic heterocycles. The number of hydrazine groups is 1. The Hall–Kier alpha value is -2.05. The van der Waals surface area contributed by atoms with Crippen LogP contribution in [0.4, 0.5) is 16.8 Å². The molecule has 0 aliphatic carbocycles. The number of hydrogen-bond acceptors (Lipinski definition) is 11. The fraction of sp³-hybridized carbons (Fsp3) is 0.333.